The molecule has 0 atom stereocenters. The van der Waals surface area contributed by atoms with Gasteiger partial charge in [-0.05, 0) is 36.6 Å². The summed E-state index contributed by atoms with van der Waals surface area (Å²) in [6.07, 6.45) is 4.56. The third kappa shape index (κ3) is 3.42. The smallest absolute Gasteiger partial charge is 0.303 e. The van der Waals surface area contributed by atoms with E-state index in [1.54, 1.807) is 7.11 Å². The van der Waals surface area contributed by atoms with Crippen LogP contribution in [-0.4, -0.2) is 18.2 Å². The number of aliphatic carboxylic acids is 1. The van der Waals surface area contributed by atoms with Gasteiger partial charge in [-0.2, -0.15) is 0 Å². The summed E-state index contributed by atoms with van der Waals surface area (Å²) in [6, 6.07) is 5.70. The quantitative estimate of drug-likeness (QED) is 0.829. The number of allylic oxidation sites excluding steroid dienone is 1. The first-order chi connectivity index (χ1) is 7.67. The van der Waals surface area contributed by atoms with Gasteiger partial charge >= 0.3 is 5.97 Å². The van der Waals surface area contributed by atoms with E-state index in [9.17, 15) is 4.79 Å². The zero-order valence-corrected chi connectivity index (χ0v) is 9.56. The molecular formula is C13H16O3. The lowest BCUT2D eigenvalue weighted by atomic mass is 10.0. The van der Waals surface area contributed by atoms with Gasteiger partial charge in [-0.15, -0.1) is 0 Å². The molecule has 1 aromatic rings. The van der Waals surface area contributed by atoms with Crippen molar-refractivity contribution < 1.29 is 14.6 Å². The third-order valence-corrected chi connectivity index (χ3v) is 2.30. The number of ether oxygens (including phenoxy) is 1. The molecule has 0 aromatic heterocycles. The molecule has 1 N–H and O–H groups in total. The van der Waals surface area contributed by atoms with Crippen molar-refractivity contribution >= 4 is 12.0 Å². The van der Waals surface area contributed by atoms with E-state index in [4.69, 9.17) is 9.84 Å². The van der Waals surface area contributed by atoms with Crippen LogP contribution < -0.4 is 4.74 Å². The van der Waals surface area contributed by atoms with Crippen LogP contribution in [0.1, 0.15) is 24.5 Å². The summed E-state index contributed by atoms with van der Waals surface area (Å²) in [5.74, 6) is -0.0251. The van der Waals surface area contributed by atoms with Crippen LogP contribution in [0.5, 0.6) is 5.75 Å². The molecule has 0 amide bonds. The highest BCUT2D eigenvalue weighted by molar-refractivity contribution is 5.67. The Morgan fingerprint density at radius 1 is 1.50 bits per heavy atom. The van der Waals surface area contributed by atoms with Crippen molar-refractivity contribution in [1.82, 2.24) is 0 Å². The number of hydrogen-bond acceptors (Lipinski definition) is 2. The van der Waals surface area contributed by atoms with Crippen LogP contribution >= 0.6 is 0 Å². The summed E-state index contributed by atoms with van der Waals surface area (Å²) in [5, 5.41) is 8.67. The van der Waals surface area contributed by atoms with Crippen LogP contribution in [-0.2, 0) is 11.2 Å². The first kappa shape index (κ1) is 12.3. The van der Waals surface area contributed by atoms with Crippen LogP contribution in [0, 0.1) is 0 Å². The van der Waals surface area contributed by atoms with Crippen LogP contribution in [0.4, 0.5) is 0 Å². The molecule has 0 saturated heterocycles. The van der Waals surface area contributed by atoms with Gasteiger partial charge in [0.25, 0.3) is 0 Å². The van der Waals surface area contributed by atoms with Crippen molar-refractivity contribution in [2.24, 2.45) is 0 Å². The predicted octanol–water partition coefficient (Wildman–Crippen LogP) is 2.75. The molecule has 3 nitrogen and oxygen atoms in total. The Bertz CT molecular complexity index is 394. The van der Waals surface area contributed by atoms with Crippen LogP contribution in [0.25, 0.3) is 6.08 Å². The van der Waals surface area contributed by atoms with E-state index >= 15 is 0 Å². The second-order valence-corrected chi connectivity index (χ2v) is 3.46. The summed E-state index contributed by atoms with van der Waals surface area (Å²) >= 11 is 0. The molecule has 1 aromatic carbocycles. The number of aryl methyl sites for hydroxylation is 1. The van der Waals surface area contributed by atoms with Crippen molar-refractivity contribution in [2.45, 2.75) is 19.8 Å². The topological polar surface area (TPSA) is 46.5 Å². The minimum Gasteiger partial charge on any atom is -0.497 e. The highest BCUT2D eigenvalue weighted by Crippen LogP contribution is 2.20. The molecule has 0 radical (unpaired) electrons. The van der Waals surface area contributed by atoms with Gasteiger partial charge in [-0.25, -0.2) is 0 Å². The molecule has 16 heavy (non-hydrogen) atoms. The summed E-state index contributed by atoms with van der Waals surface area (Å²) < 4.78 is 5.12. The van der Waals surface area contributed by atoms with Crippen LogP contribution in [0.2, 0.25) is 0 Å². The van der Waals surface area contributed by atoms with E-state index in [1.165, 1.54) is 0 Å². The number of carboxylic acids is 1. The lowest BCUT2D eigenvalue weighted by Gasteiger charge is -2.07. The number of methoxy groups -OCH3 is 1. The van der Waals surface area contributed by atoms with Crippen molar-refractivity contribution in [3.05, 3.63) is 35.4 Å². The number of carbonyl (C=O) groups is 1. The molecule has 0 spiro atoms. The second-order valence-electron chi connectivity index (χ2n) is 3.46. The summed E-state index contributed by atoms with van der Waals surface area (Å²) in [7, 11) is 1.60. The van der Waals surface area contributed by atoms with Crippen LogP contribution in [0.15, 0.2) is 24.3 Å². The van der Waals surface area contributed by atoms with Gasteiger partial charge in [-0.1, -0.05) is 18.2 Å². The average molecular weight is 220 g/mol. The van der Waals surface area contributed by atoms with Crippen molar-refractivity contribution in [3.63, 3.8) is 0 Å². The highest BCUT2D eigenvalue weighted by Gasteiger charge is 2.04. The maximum absolute atomic E-state index is 10.5. The Morgan fingerprint density at radius 3 is 2.81 bits per heavy atom. The summed E-state index contributed by atoms with van der Waals surface area (Å²) in [5.41, 5.74) is 2.05. The SMILES string of the molecule is CC=Cc1ccc(OC)cc1CCC(=O)O. The lowest BCUT2D eigenvalue weighted by Crippen LogP contribution is -1.99. The summed E-state index contributed by atoms with van der Waals surface area (Å²) in [4.78, 5) is 10.5. The molecule has 0 fully saturated rings. The maximum Gasteiger partial charge on any atom is 0.303 e. The third-order valence-electron chi connectivity index (χ3n) is 2.30. The number of benzene rings is 1. The van der Waals surface area contributed by atoms with Gasteiger partial charge in [0.1, 0.15) is 5.75 Å². The van der Waals surface area contributed by atoms with Crippen LogP contribution in [0.3, 0.4) is 0 Å². The standard InChI is InChI=1S/C13H16O3/c1-3-4-10-5-7-12(16-2)9-11(10)6-8-13(14)15/h3-5,7,9H,6,8H2,1-2H3,(H,14,15). The normalized spacial score (nSPS) is 10.6. The minimum absolute atomic E-state index is 0.137. The van der Waals surface area contributed by atoms with Gasteiger partial charge in [0, 0.05) is 6.42 Å². The second kappa shape index (κ2) is 5.95. The molecular weight excluding hydrogens is 204 g/mol. The molecule has 0 aliphatic heterocycles. The number of rotatable bonds is 5. The molecule has 0 heterocycles. The molecule has 1 rings (SSSR count). The van der Waals surface area contributed by atoms with Gasteiger partial charge in [0.15, 0.2) is 0 Å². The molecule has 0 unspecified atom stereocenters. The molecule has 0 bridgehead atoms. The van der Waals surface area contributed by atoms with Crippen molar-refractivity contribution in [1.29, 1.82) is 0 Å². The van der Waals surface area contributed by atoms with Crippen molar-refractivity contribution in [3.8, 4) is 5.75 Å². The van der Waals surface area contributed by atoms with E-state index in [-0.39, 0.29) is 6.42 Å². The number of hydrogen-bond donors (Lipinski definition) is 1. The molecule has 0 aliphatic rings. The Hall–Kier alpha value is -1.77. The Balaban J connectivity index is 2.95. The first-order valence-corrected chi connectivity index (χ1v) is 5.18. The highest BCUT2D eigenvalue weighted by atomic mass is 16.5. The average Bonchev–Trinajstić information content (AvgIpc) is 2.28. The largest absolute Gasteiger partial charge is 0.497 e. The van der Waals surface area contributed by atoms with E-state index in [2.05, 4.69) is 0 Å². The van der Waals surface area contributed by atoms with Gasteiger partial charge in [-0.3, -0.25) is 4.79 Å². The fourth-order valence-electron chi connectivity index (χ4n) is 1.51. The zero-order valence-electron chi connectivity index (χ0n) is 9.56. The Kier molecular flexibility index (Phi) is 4.58. The Labute approximate surface area is 95.4 Å². The summed E-state index contributed by atoms with van der Waals surface area (Å²) in [6.45, 7) is 1.94. The van der Waals surface area contributed by atoms with Gasteiger partial charge < -0.3 is 9.84 Å². The Morgan fingerprint density at radius 2 is 2.25 bits per heavy atom. The first-order valence-electron chi connectivity index (χ1n) is 5.18. The molecule has 86 valence electrons. The van der Waals surface area contributed by atoms with Gasteiger partial charge in [0.05, 0.1) is 7.11 Å². The lowest BCUT2D eigenvalue weighted by molar-refractivity contribution is -0.136. The number of carboxylic acid groups (broad SMARTS) is 1. The molecule has 0 saturated carbocycles. The van der Waals surface area contributed by atoms with Crippen molar-refractivity contribution in [2.75, 3.05) is 7.11 Å². The maximum atomic E-state index is 10.5. The monoisotopic (exact) mass is 220 g/mol. The minimum atomic E-state index is -0.783. The van der Waals surface area contributed by atoms with Gasteiger partial charge in [0.2, 0.25) is 0 Å². The predicted molar refractivity (Wildman–Crippen MR) is 63.7 cm³/mol. The molecule has 0 aliphatic carbocycles. The zero-order chi connectivity index (χ0) is 12.0. The van der Waals surface area contributed by atoms with E-state index in [1.807, 2.05) is 37.3 Å². The van der Waals surface area contributed by atoms with E-state index < -0.39 is 5.97 Å². The van der Waals surface area contributed by atoms with E-state index in [0.717, 1.165) is 16.9 Å². The fraction of sp³-hybridized carbons (Fsp3) is 0.308. The van der Waals surface area contributed by atoms with E-state index in [0.29, 0.717) is 6.42 Å². The molecule has 3 heteroatoms. The fourth-order valence-corrected chi connectivity index (χ4v) is 1.51.